The lowest BCUT2D eigenvalue weighted by Crippen LogP contribution is -2.40. The Morgan fingerprint density at radius 1 is 1.13 bits per heavy atom. The average molecular weight is 312 g/mol. The van der Waals surface area contributed by atoms with Crippen LogP contribution in [0.25, 0.3) is 0 Å². The quantitative estimate of drug-likeness (QED) is 0.863. The van der Waals surface area contributed by atoms with E-state index >= 15 is 0 Å². The Hall–Kier alpha value is -2.36. The maximum atomic E-state index is 13.0. The maximum Gasteiger partial charge on any atom is 0.315 e. The van der Waals surface area contributed by atoms with Crippen molar-refractivity contribution in [1.29, 1.82) is 0 Å². The summed E-state index contributed by atoms with van der Waals surface area (Å²) in [6.45, 7) is 2.54. The zero-order chi connectivity index (χ0) is 16.3. The highest BCUT2D eigenvalue weighted by molar-refractivity contribution is 5.74. The molecule has 2 amide bonds. The smallest absolute Gasteiger partial charge is 0.315 e. The Morgan fingerprint density at radius 2 is 1.78 bits per heavy atom. The van der Waals surface area contributed by atoms with Gasteiger partial charge in [-0.15, -0.1) is 0 Å². The Kier molecular flexibility index (Phi) is 4.33. The first-order valence-electron chi connectivity index (χ1n) is 7.94. The first-order valence-corrected chi connectivity index (χ1v) is 7.94. The summed E-state index contributed by atoms with van der Waals surface area (Å²) in [4.78, 5) is 12.1. The molecular weight excluding hydrogens is 291 g/mol. The molecule has 3 nitrogen and oxygen atoms in total. The number of hydrogen-bond donors (Lipinski definition) is 2. The number of urea groups is 1. The first-order chi connectivity index (χ1) is 11.1. The molecule has 120 valence electrons. The molecule has 1 aliphatic carbocycles. The molecule has 1 saturated carbocycles. The molecule has 1 aliphatic rings. The van der Waals surface area contributed by atoms with Gasteiger partial charge < -0.3 is 10.6 Å². The molecule has 1 unspecified atom stereocenters. The number of benzene rings is 2. The summed E-state index contributed by atoms with van der Waals surface area (Å²) in [6.07, 6.45) is 2.04. The molecule has 0 spiro atoms. The highest BCUT2D eigenvalue weighted by Gasteiger charge is 2.44. The Labute approximate surface area is 135 Å². The minimum atomic E-state index is -0.230. The zero-order valence-electron chi connectivity index (χ0n) is 13.2. The third-order valence-corrected chi connectivity index (χ3v) is 4.54. The predicted molar refractivity (Wildman–Crippen MR) is 88.7 cm³/mol. The summed E-state index contributed by atoms with van der Waals surface area (Å²) < 4.78 is 13.0. The molecule has 2 aromatic carbocycles. The second kappa shape index (κ2) is 6.41. The number of hydrogen-bond acceptors (Lipinski definition) is 1. The Morgan fingerprint density at radius 3 is 2.39 bits per heavy atom. The van der Waals surface area contributed by atoms with Crippen LogP contribution in [0.1, 0.15) is 36.9 Å². The predicted octanol–water partition coefficient (Wildman–Crippen LogP) is 3.92. The number of halogens is 1. The van der Waals surface area contributed by atoms with Gasteiger partial charge in [0.1, 0.15) is 5.82 Å². The van der Waals surface area contributed by atoms with Crippen LogP contribution >= 0.6 is 0 Å². The van der Waals surface area contributed by atoms with E-state index in [-0.39, 0.29) is 23.3 Å². The zero-order valence-corrected chi connectivity index (χ0v) is 13.2. The molecule has 2 N–H and O–H groups in total. The van der Waals surface area contributed by atoms with Crippen molar-refractivity contribution in [3.63, 3.8) is 0 Å². The molecule has 0 aromatic heterocycles. The van der Waals surface area contributed by atoms with Crippen LogP contribution in [0.3, 0.4) is 0 Å². The van der Waals surface area contributed by atoms with Crippen molar-refractivity contribution >= 4 is 6.03 Å². The summed E-state index contributed by atoms with van der Waals surface area (Å²) in [5.41, 5.74) is 2.14. The van der Waals surface area contributed by atoms with Crippen LogP contribution in [0.2, 0.25) is 0 Å². The van der Waals surface area contributed by atoms with Gasteiger partial charge in [0, 0.05) is 12.0 Å². The van der Waals surface area contributed by atoms with Crippen molar-refractivity contribution in [3.05, 3.63) is 71.5 Å². The molecular formula is C19H21FN2O. The van der Waals surface area contributed by atoms with Crippen LogP contribution in [-0.4, -0.2) is 12.6 Å². The second-order valence-electron chi connectivity index (χ2n) is 6.25. The van der Waals surface area contributed by atoms with E-state index in [9.17, 15) is 9.18 Å². The summed E-state index contributed by atoms with van der Waals surface area (Å²) in [5.74, 6) is -0.230. The number of carbonyl (C=O) groups is 1. The fraction of sp³-hybridized carbons (Fsp3) is 0.316. The van der Waals surface area contributed by atoms with Gasteiger partial charge in [-0.2, -0.15) is 0 Å². The standard InChI is InChI=1S/C19H21FN2O/c1-14(15-5-3-2-4-6-15)22-18(23)21-13-19(11-12-19)16-7-9-17(20)10-8-16/h2-10,14H,11-13H2,1H3,(H2,21,22,23). The van der Waals surface area contributed by atoms with E-state index in [0.717, 1.165) is 24.0 Å². The van der Waals surface area contributed by atoms with E-state index < -0.39 is 0 Å². The molecule has 23 heavy (non-hydrogen) atoms. The van der Waals surface area contributed by atoms with Gasteiger partial charge in [-0.1, -0.05) is 42.5 Å². The van der Waals surface area contributed by atoms with Gasteiger partial charge in [-0.3, -0.25) is 0 Å². The van der Waals surface area contributed by atoms with Gasteiger partial charge in [-0.05, 0) is 43.0 Å². The minimum absolute atomic E-state index is 0.0268. The van der Waals surface area contributed by atoms with Crippen molar-refractivity contribution in [2.45, 2.75) is 31.2 Å². The largest absolute Gasteiger partial charge is 0.337 e. The fourth-order valence-corrected chi connectivity index (χ4v) is 2.84. The molecule has 4 heteroatoms. The monoisotopic (exact) mass is 312 g/mol. The summed E-state index contributed by atoms with van der Waals surface area (Å²) in [6, 6.07) is 16.2. The van der Waals surface area contributed by atoms with Gasteiger partial charge in [0.25, 0.3) is 0 Å². The fourth-order valence-electron chi connectivity index (χ4n) is 2.84. The van der Waals surface area contributed by atoms with E-state index in [1.54, 1.807) is 0 Å². The van der Waals surface area contributed by atoms with Gasteiger partial charge in [0.15, 0.2) is 0 Å². The minimum Gasteiger partial charge on any atom is -0.337 e. The van der Waals surface area contributed by atoms with Crippen molar-refractivity contribution in [2.75, 3.05) is 6.54 Å². The molecule has 1 atom stereocenters. The topological polar surface area (TPSA) is 41.1 Å². The van der Waals surface area contributed by atoms with E-state index in [4.69, 9.17) is 0 Å². The lowest BCUT2D eigenvalue weighted by molar-refractivity contribution is 0.237. The Bertz CT molecular complexity index is 666. The molecule has 3 rings (SSSR count). The first kappa shape index (κ1) is 15.5. The highest BCUT2D eigenvalue weighted by Crippen LogP contribution is 2.47. The normalized spacial score (nSPS) is 16.4. The molecule has 0 heterocycles. The molecule has 0 saturated heterocycles. The van der Waals surface area contributed by atoms with Crippen LogP contribution in [-0.2, 0) is 5.41 Å². The third kappa shape index (κ3) is 3.70. The van der Waals surface area contributed by atoms with Crippen LogP contribution < -0.4 is 10.6 Å². The van der Waals surface area contributed by atoms with Gasteiger partial charge in [-0.25, -0.2) is 9.18 Å². The SMILES string of the molecule is CC(NC(=O)NCC1(c2ccc(F)cc2)CC1)c1ccccc1. The average Bonchev–Trinajstić information content (AvgIpc) is 3.35. The number of amides is 2. The van der Waals surface area contributed by atoms with E-state index in [1.807, 2.05) is 49.4 Å². The number of nitrogens with one attached hydrogen (secondary N) is 2. The van der Waals surface area contributed by atoms with Gasteiger partial charge >= 0.3 is 6.03 Å². The van der Waals surface area contributed by atoms with Gasteiger partial charge in [0.05, 0.1) is 6.04 Å². The van der Waals surface area contributed by atoms with Crippen molar-refractivity contribution in [2.24, 2.45) is 0 Å². The lowest BCUT2D eigenvalue weighted by atomic mass is 9.96. The molecule has 1 fully saturated rings. The number of carbonyl (C=O) groups excluding carboxylic acids is 1. The molecule has 0 radical (unpaired) electrons. The highest BCUT2D eigenvalue weighted by atomic mass is 19.1. The van der Waals surface area contributed by atoms with Crippen molar-refractivity contribution < 1.29 is 9.18 Å². The van der Waals surface area contributed by atoms with E-state index in [0.29, 0.717) is 6.54 Å². The maximum absolute atomic E-state index is 13.0. The van der Waals surface area contributed by atoms with E-state index in [2.05, 4.69) is 10.6 Å². The third-order valence-electron chi connectivity index (χ3n) is 4.54. The molecule has 0 aliphatic heterocycles. The summed E-state index contributed by atoms with van der Waals surface area (Å²) in [5, 5.41) is 5.90. The molecule has 2 aromatic rings. The second-order valence-corrected chi connectivity index (χ2v) is 6.25. The summed E-state index contributed by atoms with van der Waals surface area (Å²) >= 11 is 0. The van der Waals surface area contributed by atoms with Crippen LogP contribution in [0.15, 0.2) is 54.6 Å². The number of rotatable bonds is 5. The summed E-state index contributed by atoms with van der Waals surface area (Å²) in [7, 11) is 0. The lowest BCUT2D eigenvalue weighted by Gasteiger charge is -2.19. The van der Waals surface area contributed by atoms with Crippen LogP contribution in [0, 0.1) is 5.82 Å². The van der Waals surface area contributed by atoms with Gasteiger partial charge in [0.2, 0.25) is 0 Å². The molecule has 0 bridgehead atoms. The Balaban J connectivity index is 1.54. The van der Waals surface area contributed by atoms with Crippen LogP contribution in [0.4, 0.5) is 9.18 Å². The van der Waals surface area contributed by atoms with Crippen LogP contribution in [0.5, 0.6) is 0 Å². The van der Waals surface area contributed by atoms with Crippen molar-refractivity contribution in [1.82, 2.24) is 10.6 Å². The van der Waals surface area contributed by atoms with Crippen molar-refractivity contribution in [3.8, 4) is 0 Å². The van der Waals surface area contributed by atoms with E-state index in [1.165, 1.54) is 12.1 Å².